The molecule has 0 saturated heterocycles. The van der Waals surface area contributed by atoms with Crippen molar-refractivity contribution in [2.75, 3.05) is 17.7 Å². The van der Waals surface area contributed by atoms with E-state index in [1.165, 1.54) is 0 Å². The van der Waals surface area contributed by atoms with Crippen molar-refractivity contribution in [2.45, 2.75) is 26.8 Å². The number of hydrogen-bond acceptors (Lipinski definition) is 6. The van der Waals surface area contributed by atoms with Crippen LogP contribution in [0.4, 0.5) is 11.8 Å². The number of imidazole rings is 1. The van der Waals surface area contributed by atoms with Gasteiger partial charge < -0.3 is 20.0 Å². The number of aromatic amines is 1. The highest BCUT2D eigenvalue weighted by atomic mass is 16.3. The lowest BCUT2D eigenvalue weighted by Crippen LogP contribution is -2.10. The standard InChI is InChI=1S/C14H18N6O/c1-7-5-10(9(3)21-7)8(2)18-13-11-12(17-6-16-11)19-14(15-4)20-13/h5-6,8H,1-4H3,(H3,15,16,17,18,19,20). The number of rotatable bonds is 4. The van der Waals surface area contributed by atoms with E-state index < -0.39 is 0 Å². The maximum atomic E-state index is 5.59. The van der Waals surface area contributed by atoms with E-state index in [4.69, 9.17) is 4.42 Å². The van der Waals surface area contributed by atoms with E-state index in [1.54, 1.807) is 13.4 Å². The van der Waals surface area contributed by atoms with E-state index in [2.05, 4.69) is 37.5 Å². The molecule has 0 amide bonds. The fraction of sp³-hybridized carbons (Fsp3) is 0.357. The van der Waals surface area contributed by atoms with Crippen molar-refractivity contribution in [3.05, 3.63) is 29.5 Å². The smallest absolute Gasteiger partial charge is 0.226 e. The third-order valence-electron chi connectivity index (χ3n) is 3.41. The SMILES string of the molecule is CNc1nc(NC(C)c2cc(C)oc2C)c2[nH]cnc2n1. The molecule has 3 aromatic rings. The lowest BCUT2D eigenvalue weighted by atomic mass is 10.1. The van der Waals surface area contributed by atoms with E-state index in [9.17, 15) is 0 Å². The van der Waals surface area contributed by atoms with Crippen LogP contribution in [0.1, 0.15) is 30.0 Å². The molecule has 0 radical (unpaired) electrons. The molecule has 0 bridgehead atoms. The molecule has 7 nitrogen and oxygen atoms in total. The van der Waals surface area contributed by atoms with Crippen LogP contribution in [0, 0.1) is 13.8 Å². The Morgan fingerprint density at radius 3 is 2.76 bits per heavy atom. The first-order chi connectivity index (χ1) is 10.1. The van der Waals surface area contributed by atoms with Crippen LogP contribution in [0.5, 0.6) is 0 Å². The van der Waals surface area contributed by atoms with Gasteiger partial charge in [0.1, 0.15) is 17.0 Å². The van der Waals surface area contributed by atoms with Gasteiger partial charge in [0.15, 0.2) is 11.5 Å². The number of H-pyrrole nitrogens is 1. The second-order valence-electron chi connectivity index (χ2n) is 4.98. The summed E-state index contributed by atoms with van der Waals surface area (Å²) in [6, 6.07) is 2.10. The van der Waals surface area contributed by atoms with Gasteiger partial charge in [-0.2, -0.15) is 9.97 Å². The Labute approximate surface area is 122 Å². The molecular formula is C14H18N6O. The Hall–Kier alpha value is -2.57. The summed E-state index contributed by atoms with van der Waals surface area (Å²) in [5, 5.41) is 6.34. The fourth-order valence-corrected chi connectivity index (χ4v) is 2.41. The average molecular weight is 286 g/mol. The highest BCUT2D eigenvalue weighted by molar-refractivity contribution is 5.83. The van der Waals surface area contributed by atoms with Crippen LogP contribution in [0.25, 0.3) is 11.2 Å². The maximum Gasteiger partial charge on any atom is 0.226 e. The molecule has 1 atom stereocenters. The van der Waals surface area contributed by atoms with Crippen molar-refractivity contribution in [3.8, 4) is 0 Å². The molecule has 110 valence electrons. The van der Waals surface area contributed by atoms with Crippen molar-refractivity contribution >= 4 is 22.9 Å². The third-order valence-corrected chi connectivity index (χ3v) is 3.41. The van der Waals surface area contributed by atoms with Crippen molar-refractivity contribution in [1.82, 2.24) is 19.9 Å². The van der Waals surface area contributed by atoms with Gasteiger partial charge in [-0.1, -0.05) is 0 Å². The van der Waals surface area contributed by atoms with Gasteiger partial charge in [0.25, 0.3) is 0 Å². The minimum absolute atomic E-state index is 0.0635. The van der Waals surface area contributed by atoms with Crippen LogP contribution >= 0.6 is 0 Å². The van der Waals surface area contributed by atoms with Crippen molar-refractivity contribution in [1.29, 1.82) is 0 Å². The Morgan fingerprint density at radius 1 is 1.29 bits per heavy atom. The number of nitrogens with one attached hydrogen (secondary N) is 3. The summed E-state index contributed by atoms with van der Waals surface area (Å²) in [5.74, 6) is 3.06. The van der Waals surface area contributed by atoms with Crippen LogP contribution in [0.3, 0.4) is 0 Å². The van der Waals surface area contributed by atoms with Crippen LogP contribution in [-0.4, -0.2) is 27.0 Å². The molecule has 0 fully saturated rings. The van der Waals surface area contributed by atoms with E-state index in [1.807, 2.05) is 19.9 Å². The van der Waals surface area contributed by atoms with Gasteiger partial charge in [0, 0.05) is 12.6 Å². The molecule has 1 unspecified atom stereocenters. The highest BCUT2D eigenvalue weighted by Crippen LogP contribution is 2.27. The van der Waals surface area contributed by atoms with E-state index >= 15 is 0 Å². The zero-order valence-electron chi connectivity index (χ0n) is 12.5. The highest BCUT2D eigenvalue weighted by Gasteiger charge is 2.16. The number of aryl methyl sites for hydroxylation is 2. The second-order valence-corrected chi connectivity index (χ2v) is 4.98. The number of aromatic nitrogens is 4. The maximum absolute atomic E-state index is 5.59. The largest absolute Gasteiger partial charge is 0.466 e. The second kappa shape index (κ2) is 5.08. The molecular weight excluding hydrogens is 268 g/mol. The van der Waals surface area contributed by atoms with Gasteiger partial charge in [0.05, 0.1) is 12.4 Å². The first-order valence-electron chi connectivity index (χ1n) is 6.81. The lowest BCUT2D eigenvalue weighted by molar-refractivity contribution is 0.500. The summed E-state index contributed by atoms with van der Waals surface area (Å²) in [6.07, 6.45) is 1.61. The molecule has 3 heterocycles. The Kier molecular flexibility index (Phi) is 3.25. The van der Waals surface area contributed by atoms with Gasteiger partial charge in [-0.25, -0.2) is 4.98 Å². The molecule has 21 heavy (non-hydrogen) atoms. The summed E-state index contributed by atoms with van der Waals surface area (Å²) in [7, 11) is 1.78. The average Bonchev–Trinajstić information content (AvgIpc) is 3.04. The molecule has 0 saturated carbocycles. The minimum Gasteiger partial charge on any atom is -0.466 e. The summed E-state index contributed by atoms with van der Waals surface area (Å²) < 4.78 is 5.59. The number of hydrogen-bond donors (Lipinski definition) is 3. The zero-order valence-corrected chi connectivity index (χ0v) is 12.5. The van der Waals surface area contributed by atoms with Gasteiger partial charge in [-0.05, 0) is 26.8 Å². The van der Waals surface area contributed by atoms with Crippen molar-refractivity contribution in [2.24, 2.45) is 0 Å². The summed E-state index contributed by atoms with van der Waals surface area (Å²) >= 11 is 0. The molecule has 7 heteroatoms. The van der Waals surface area contributed by atoms with Crippen molar-refractivity contribution < 1.29 is 4.42 Å². The summed E-state index contributed by atoms with van der Waals surface area (Å²) in [4.78, 5) is 16.0. The fourth-order valence-electron chi connectivity index (χ4n) is 2.41. The van der Waals surface area contributed by atoms with Crippen LogP contribution in [0.15, 0.2) is 16.8 Å². The third kappa shape index (κ3) is 2.42. The summed E-state index contributed by atoms with van der Waals surface area (Å²) in [6.45, 7) is 5.98. The predicted molar refractivity (Wildman–Crippen MR) is 81.5 cm³/mol. The normalized spacial score (nSPS) is 12.6. The first-order valence-corrected chi connectivity index (χ1v) is 6.81. The van der Waals surface area contributed by atoms with Gasteiger partial charge in [-0.15, -0.1) is 0 Å². The van der Waals surface area contributed by atoms with E-state index in [0.29, 0.717) is 17.4 Å². The van der Waals surface area contributed by atoms with Crippen LogP contribution in [-0.2, 0) is 0 Å². The van der Waals surface area contributed by atoms with Crippen LogP contribution < -0.4 is 10.6 Å². The first kappa shape index (κ1) is 13.4. The van der Waals surface area contributed by atoms with Gasteiger partial charge in [0.2, 0.25) is 5.95 Å². The minimum atomic E-state index is 0.0635. The molecule has 3 rings (SSSR count). The summed E-state index contributed by atoms with van der Waals surface area (Å²) in [5.41, 5.74) is 2.53. The Morgan fingerprint density at radius 2 is 2.10 bits per heavy atom. The number of furan rings is 1. The van der Waals surface area contributed by atoms with Gasteiger partial charge >= 0.3 is 0 Å². The van der Waals surface area contributed by atoms with Crippen LogP contribution in [0.2, 0.25) is 0 Å². The van der Waals surface area contributed by atoms with E-state index in [0.717, 1.165) is 22.6 Å². The topological polar surface area (TPSA) is 91.7 Å². The molecule has 0 aliphatic carbocycles. The quantitative estimate of drug-likeness (QED) is 0.683. The zero-order chi connectivity index (χ0) is 15.0. The molecule has 0 aliphatic heterocycles. The molecule has 3 aromatic heterocycles. The predicted octanol–water partition coefficient (Wildman–Crippen LogP) is 2.78. The molecule has 0 aromatic carbocycles. The number of anilines is 2. The Balaban J connectivity index is 1.97. The lowest BCUT2D eigenvalue weighted by Gasteiger charge is -2.14. The van der Waals surface area contributed by atoms with E-state index in [-0.39, 0.29) is 6.04 Å². The molecule has 0 spiro atoms. The Bertz CT molecular complexity index is 775. The molecule has 0 aliphatic rings. The number of fused-ring (bicyclic) bond motifs is 1. The van der Waals surface area contributed by atoms with Crippen molar-refractivity contribution in [3.63, 3.8) is 0 Å². The monoisotopic (exact) mass is 286 g/mol. The van der Waals surface area contributed by atoms with Gasteiger partial charge in [-0.3, -0.25) is 0 Å². The molecule has 3 N–H and O–H groups in total. The number of nitrogens with zero attached hydrogens (tertiary/aromatic N) is 3.